The lowest BCUT2D eigenvalue weighted by atomic mass is 10.1. The maximum atomic E-state index is 13.5. The monoisotopic (exact) mass is 512 g/mol. The maximum absolute atomic E-state index is 13.5. The van der Waals surface area contributed by atoms with Gasteiger partial charge in [-0.1, -0.05) is 37.3 Å². The highest BCUT2D eigenvalue weighted by Gasteiger charge is 2.24. The molecule has 0 amide bonds. The third kappa shape index (κ3) is 4.59. The zero-order valence-corrected chi connectivity index (χ0v) is 21.0. The molecule has 1 atom stereocenters. The Hall–Kier alpha value is -4.99. The number of nitro benzene ring substituents is 1. The van der Waals surface area contributed by atoms with Crippen molar-refractivity contribution in [2.24, 2.45) is 5.10 Å². The van der Waals surface area contributed by atoms with Gasteiger partial charge in [0.25, 0.3) is 5.56 Å². The van der Waals surface area contributed by atoms with E-state index in [1.165, 1.54) is 19.4 Å². The highest BCUT2D eigenvalue weighted by atomic mass is 16.6. The summed E-state index contributed by atoms with van der Waals surface area (Å²) in [5, 5.41) is 17.5. The lowest BCUT2D eigenvalue weighted by Crippen LogP contribution is -2.20. The van der Waals surface area contributed by atoms with Crippen LogP contribution in [-0.2, 0) is 0 Å². The predicted octanol–water partition coefficient (Wildman–Crippen LogP) is 5.79. The van der Waals surface area contributed by atoms with E-state index in [-0.39, 0.29) is 29.1 Å². The molecule has 2 aromatic heterocycles. The summed E-state index contributed by atoms with van der Waals surface area (Å²) in [4.78, 5) is 29.5. The van der Waals surface area contributed by atoms with Gasteiger partial charge in [-0.2, -0.15) is 9.78 Å². The van der Waals surface area contributed by atoms with Crippen molar-refractivity contribution in [3.63, 3.8) is 0 Å². The third-order valence-electron chi connectivity index (χ3n) is 6.09. The van der Waals surface area contributed by atoms with Gasteiger partial charge in [0.05, 0.1) is 35.3 Å². The Morgan fingerprint density at radius 3 is 2.66 bits per heavy atom. The zero-order valence-electron chi connectivity index (χ0n) is 21.0. The first-order chi connectivity index (χ1) is 18.4. The van der Waals surface area contributed by atoms with E-state index in [0.29, 0.717) is 34.2 Å². The minimum Gasteiger partial charge on any atom is -0.493 e. The van der Waals surface area contributed by atoms with Crippen LogP contribution in [-0.4, -0.2) is 34.0 Å². The minimum absolute atomic E-state index is 0.0384. The average Bonchev–Trinajstić information content (AvgIpc) is 3.37. The molecular formula is C28H24N4O6. The Morgan fingerprint density at radius 2 is 1.92 bits per heavy atom. The van der Waals surface area contributed by atoms with E-state index in [4.69, 9.17) is 13.9 Å². The molecule has 0 saturated carbocycles. The molecule has 3 aromatic carbocycles. The number of para-hydroxylation sites is 2. The van der Waals surface area contributed by atoms with Gasteiger partial charge in [0.2, 0.25) is 11.6 Å². The average molecular weight is 513 g/mol. The molecule has 10 heteroatoms. The number of nitro groups is 1. The number of furan rings is 1. The van der Waals surface area contributed by atoms with E-state index in [1.807, 2.05) is 38.1 Å². The molecule has 10 nitrogen and oxygen atoms in total. The number of nitrogens with zero attached hydrogens (tertiary/aromatic N) is 4. The fourth-order valence-electron chi connectivity index (χ4n) is 3.98. The first kappa shape index (κ1) is 24.7. The molecule has 0 bridgehead atoms. The number of aromatic nitrogens is 2. The molecule has 0 aliphatic rings. The van der Waals surface area contributed by atoms with E-state index in [2.05, 4.69) is 10.1 Å². The number of rotatable bonds is 8. The van der Waals surface area contributed by atoms with Crippen LogP contribution in [0.3, 0.4) is 0 Å². The Bertz CT molecular complexity index is 1720. The number of hydrogen-bond acceptors (Lipinski definition) is 8. The molecule has 38 heavy (non-hydrogen) atoms. The Kier molecular flexibility index (Phi) is 6.61. The fourth-order valence-corrected chi connectivity index (χ4v) is 3.98. The van der Waals surface area contributed by atoms with Crippen molar-refractivity contribution >= 4 is 33.8 Å². The summed E-state index contributed by atoms with van der Waals surface area (Å²) in [5.74, 6) is 0.769. The SMILES string of the molecule is CC[C@@H](C)Oc1c(OC)cc(C=Nn2c(-c3cc4ccccc4o3)nc3ccccc3c2=O)cc1[N+](=O)[O-]. The van der Waals surface area contributed by atoms with Gasteiger partial charge in [0, 0.05) is 17.0 Å². The van der Waals surface area contributed by atoms with Crippen molar-refractivity contribution < 1.29 is 18.8 Å². The van der Waals surface area contributed by atoms with E-state index in [9.17, 15) is 14.9 Å². The zero-order chi connectivity index (χ0) is 26.8. The first-order valence-electron chi connectivity index (χ1n) is 12.0. The van der Waals surface area contributed by atoms with Gasteiger partial charge in [-0.15, -0.1) is 0 Å². The number of hydrogen-bond donors (Lipinski definition) is 0. The maximum Gasteiger partial charge on any atom is 0.315 e. The van der Waals surface area contributed by atoms with Gasteiger partial charge in [-0.05, 0) is 43.7 Å². The molecule has 0 spiro atoms. The number of benzene rings is 3. The lowest BCUT2D eigenvalue weighted by Gasteiger charge is -2.16. The standard InChI is InChI=1S/C28H24N4O6/c1-4-17(2)37-26-22(32(34)35)13-18(14-24(26)36-3)16-29-31-27(25-15-19-9-5-8-12-23(19)38-25)30-21-11-7-6-10-20(21)28(31)33/h5-17H,4H2,1-3H3/t17-/m1/s1. The molecule has 0 saturated heterocycles. The summed E-state index contributed by atoms with van der Waals surface area (Å²) in [6.07, 6.45) is 1.74. The predicted molar refractivity (Wildman–Crippen MR) is 144 cm³/mol. The van der Waals surface area contributed by atoms with Crippen molar-refractivity contribution in [1.82, 2.24) is 9.66 Å². The van der Waals surface area contributed by atoms with Gasteiger partial charge in [0.15, 0.2) is 11.5 Å². The van der Waals surface area contributed by atoms with Crippen molar-refractivity contribution in [2.75, 3.05) is 7.11 Å². The number of ether oxygens (including phenoxy) is 2. The van der Waals surface area contributed by atoms with Crippen LogP contribution in [0.4, 0.5) is 5.69 Å². The van der Waals surface area contributed by atoms with Gasteiger partial charge in [-0.3, -0.25) is 14.9 Å². The van der Waals surface area contributed by atoms with Gasteiger partial charge in [-0.25, -0.2) is 4.98 Å². The van der Waals surface area contributed by atoms with Crippen LogP contribution in [0.25, 0.3) is 33.5 Å². The quantitative estimate of drug-likeness (QED) is 0.147. The number of fused-ring (bicyclic) bond motifs is 2. The molecule has 0 unspecified atom stereocenters. The summed E-state index contributed by atoms with van der Waals surface area (Å²) in [7, 11) is 1.40. The Balaban J connectivity index is 1.67. The minimum atomic E-state index is -0.541. The highest BCUT2D eigenvalue weighted by Crippen LogP contribution is 2.39. The van der Waals surface area contributed by atoms with E-state index >= 15 is 0 Å². The molecule has 0 fully saturated rings. The van der Waals surface area contributed by atoms with Crippen LogP contribution in [0.2, 0.25) is 0 Å². The molecular weight excluding hydrogens is 488 g/mol. The Morgan fingerprint density at radius 1 is 1.16 bits per heavy atom. The van der Waals surface area contributed by atoms with Crippen LogP contribution in [0.15, 0.2) is 81.0 Å². The van der Waals surface area contributed by atoms with Crippen LogP contribution in [0.1, 0.15) is 25.8 Å². The largest absolute Gasteiger partial charge is 0.493 e. The van der Waals surface area contributed by atoms with Crippen molar-refractivity contribution in [2.45, 2.75) is 26.4 Å². The second-order valence-corrected chi connectivity index (χ2v) is 8.63. The van der Waals surface area contributed by atoms with Crippen molar-refractivity contribution in [1.29, 1.82) is 0 Å². The molecule has 5 rings (SSSR count). The van der Waals surface area contributed by atoms with Gasteiger partial charge < -0.3 is 13.9 Å². The summed E-state index contributed by atoms with van der Waals surface area (Å²) >= 11 is 0. The molecule has 192 valence electrons. The normalized spacial score (nSPS) is 12.3. The molecule has 0 radical (unpaired) electrons. The van der Waals surface area contributed by atoms with Crippen molar-refractivity contribution in [3.8, 4) is 23.1 Å². The molecule has 0 aliphatic heterocycles. The van der Waals surface area contributed by atoms with Crippen LogP contribution in [0, 0.1) is 10.1 Å². The van der Waals surface area contributed by atoms with E-state index in [1.54, 1.807) is 36.4 Å². The van der Waals surface area contributed by atoms with Crippen LogP contribution >= 0.6 is 0 Å². The summed E-state index contributed by atoms with van der Waals surface area (Å²) in [6, 6.07) is 19.0. The highest BCUT2D eigenvalue weighted by molar-refractivity contribution is 5.85. The molecule has 0 aliphatic carbocycles. The summed E-state index contributed by atoms with van der Waals surface area (Å²) < 4.78 is 18.3. The lowest BCUT2D eigenvalue weighted by molar-refractivity contribution is -0.386. The topological polar surface area (TPSA) is 122 Å². The summed E-state index contributed by atoms with van der Waals surface area (Å²) in [6.45, 7) is 3.73. The van der Waals surface area contributed by atoms with Gasteiger partial charge >= 0.3 is 5.69 Å². The summed E-state index contributed by atoms with van der Waals surface area (Å²) in [5.41, 5.74) is 0.773. The first-order valence-corrected chi connectivity index (χ1v) is 12.0. The second kappa shape index (κ2) is 10.2. The van der Waals surface area contributed by atoms with Crippen LogP contribution < -0.4 is 15.0 Å². The molecule has 5 aromatic rings. The smallest absolute Gasteiger partial charge is 0.315 e. The second-order valence-electron chi connectivity index (χ2n) is 8.63. The number of methoxy groups -OCH3 is 1. The third-order valence-corrected chi connectivity index (χ3v) is 6.09. The van der Waals surface area contributed by atoms with E-state index < -0.39 is 10.5 Å². The fraction of sp³-hybridized carbons (Fsp3) is 0.179. The molecule has 0 N–H and O–H groups in total. The Labute approximate surface area is 216 Å². The van der Waals surface area contributed by atoms with E-state index in [0.717, 1.165) is 10.1 Å². The molecule has 2 heterocycles. The van der Waals surface area contributed by atoms with Gasteiger partial charge in [0.1, 0.15) is 5.58 Å². The van der Waals surface area contributed by atoms with Crippen molar-refractivity contribution in [3.05, 3.63) is 92.8 Å². The van der Waals surface area contributed by atoms with Crippen LogP contribution in [0.5, 0.6) is 11.5 Å².